The zero-order valence-corrected chi connectivity index (χ0v) is 15.0. The molecule has 1 atom stereocenters. The number of methoxy groups -OCH3 is 1. The number of nitriles is 1. The van der Waals surface area contributed by atoms with Crippen LogP contribution in [0.1, 0.15) is 12.0 Å². The summed E-state index contributed by atoms with van der Waals surface area (Å²) < 4.78 is 21.2. The van der Waals surface area contributed by atoms with Crippen LogP contribution in [-0.4, -0.2) is 32.3 Å². The molecule has 4 rings (SSSR count). The SMILES string of the molecule is COc1cc(C#N)ccc1OC(=O)C1CC(=O)N(c2ccc3c(c2)OCO3)C1. The van der Waals surface area contributed by atoms with Crippen molar-refractivity contribution in [1.29, 1.82) is 5.26 Å². The molecular formula is C20H16N2O6. The number of carbonyl (C=O) groups excluding carboxylic acids is 2. The van der Waals surface area contributed by atoms with Crippen molar-refractivity contribution in [2.24, 2.45) is 5.92 Å². The number of hydrogen-bond donors (Lipinski definition) is 0. The van der Waals surface area contributed by atoms with E-state index < -0.39 is 11.9 Å². The van der Waals surface area contributed by atoms with E-state index in [1.165, 1.54) is 30.2 Å². The summed E-state index contributed by atoms with van der Waals surface area (Å²) in [5, 5.41) is 8.95. The second kappa shape index (κ2) is 7.12. The van der Waals surface area contributed by atoms with Crippen LogP contribution >= 0.6 is 0 Å². The number of ether oxygens (including phenoxy) is 4. The Kier molecular flexibility index (Phi) is 4.49. The minimum Gasteiger partial charge on any atom is -0.493 e. The molecule has 1 saturated heterocycles. The number of benzene rings is 2. The average molecular weight is 380 g/mol. The molecule has 8 heteroatoms. The maximum atomic E-state index is 12.6. The number of anilines is 1. The van der Waals surface area contributed by atoms with E-state index in [-0.39, 0.29) is 37.2 Å². The summed E-state index contributed by atoms with van der Waals surface area (Å²) in [6.45, 7) is 0.351. The highest BCUT2D eigenvalue weighted by molar-refractivity contribution is 6.00. The third kappa shape index (κ3) is 3.18. The molecule has 2 heterocycles. The van der Waals surface area contributed by atoms with Crippen molar-refractivity contribution in [3.8, 4) is 29.1 Å². The molecule has 142 valence electrons. The molecule has 2 aromatic rings. The number of carbonyl (C=O) groups is 2. The molecule has 28 heavy (non-hydrogen) atoms. The van der Waals surface area contributed by atoms with Crippen LogP contribution in [0.4, 0.5) is 5.69 Å². The van der Waals surface area contributed by atoms with E-state index in [1.807, 2.05) is 6.07 Å². The standard InChI is InChI=1S/C20H16N2O6/c1-25-17-6-12(9-21)2-4-16(17)28-20(24)13-7-19(23)22(10-13)14-3-5-15-18(8-14)27-11-26-15/h2-6,8,13H,7,10-11H2,1H3. The van der Waals surface area contributed by atoms with Crippen molar-refractivity contribution >= 4 is 17.6 Å². The lowest BCUT2D eigenvalue weighted by atomic mass is 10.1. The monoisotopic (exact) mass is 380 g/mol. The summed E-state index contributed by atoms with van der Waals surface area (Å²) in [7, 11) is 1.42. The highest BCUT2D eigenvalue weighted by Gasteiger charge is 2.37. The third-order valence-corrected chi connectivity index (χ3v) is 4.63. The summed E-state index contributed by atoms with van der Waals surface area (Å²) in [4.78, 5) is 26.5. The van der Waals surface area contributed by atoms with E-state index in [2.05, 4.69) is 0 Å². The quantitative estimate of drug-likeness (QED) is 0.593. The summed E-state index contributed by atoms with van der Waals surface area (Å²) >= 11 is 0. The minimum absolute atomic E-state index is 0.0475. The van der Waals surface area contributed by atoms with Crippen molar-refractivity contribution in [3.05, 3.63) is 42.0 Å². The molecule has 0 N–H and O–H groups in total. The van der Waals surface area contributed by atoms with Gasteiger partial charge in [-0.2, -0.15) is 5.26 Å². The Morgan fingerprint density at radius 1 is 1.18 bits per heavy atom. The number of amides is 1. The van der Waals surface area contributed by atoms with Crippen molar-refractivity contribution in [1.82, 2.24) is 0 Å². The fourth-order valence-electron chi connectivity index (χ4n) is 3.18. The molecule has 2 aliphatic heterocycles. The molecule has 8 nitrogen and oxygen atoms in total. The molecule has 0 radical (unpaired) electrons. The third-order valence-electron chi connectivity index (χ3n) is 4.63. The Hall–Kier alpha value is -3.73. The first-order valence-corrected chi connectivity index (χ1v) is 8.59. The molecule has 1 unspecified atom stereocenters. The predicted octanol–water partition coefficient (Wildman–Crippen LogP) is 2.25. The fraction of sp³-hybridized carbons (Fsp3) is 0.250. The van der Waals surface area contributed by atoms with Gasteiger partial charge >= 0.3 is 5.97 Å². The molecule has 1 fully saturated rings. The Bertz CT molecular complexity index is 997. The molecular weight excluding hydrogens is 364 g/mol. The highest BCUT2D eigenvalue weighted by atomic mass is 16.7. The summed E-state index contributed by atoms with van der Waals surface area (Å²) in [5.41, 5.74) is 1.03. The average Bonchev–Trinajstić information content (AvgIpc) is 3.34. The molecule has 0 bridgehead atoms. The van der Waals surface area contributed by atoms with E-state index in [4.69, 9.17) is 24.2 Å². The van der Waals surface area contributed by atoms with Gasteiger partial charge < -0.3 is 23.8 Å². The topological polar surface area (TPSA) is 98.1 Å². The largest absolute Gasteiger partial charge is 0.493 e. The van der Waals surface area contributed by atoms with Crippen LogP contribution in [0.2, 0.25) is 0 Å². The lowest BCUT2D eigenvalue weighted by molar-refractivity contribution is -0.139. The van der Waals surface area contributed by atoms with Crippen molar-refractivity contribution in [3.63, 3.8) is 0 Å². The Labute approximate surface area is 160 Å². The number of esters is 1. The first-order valence-electron chi connectivity index (χ1n) is 8.59. The smallest absolute Gasteiger partial charge is 0.316 e. The van der Waals surface area contributed by atoms with Gasteiger partial charge in [-0.25, -0.2) is 0 Å². The second-order valence-electron chi connectivity index (χ2n) is 6.34. The van der Waals surface area contributed by atoms with Gasteiger partial charge in [0.05, 0.1) is 24.7 Å². The predicted molar refractivity (Wildman–Crippen MR) is 96.4 cm³/mol. The van der Waals surface area contributed by atoms with Gasteiger partial charge in [0, 0.05) is 30.8 Å². The summed E-state index contributed by atoms with van der Waals surface area (Å²) in [5.74, 6) is 0.369. The molecule has 0 saturated carbocycles. The zero-order valence-electron chi connectivity index (χ0n) is 15.0. The first-order chi connectivity index (χ1) is 13.6. The van der Waals surface area contributed by atoms with Crippen LogP contribution in [0.15, 0.2) is 36.4 Å². The molecule has 2 aromatic carbocycles. The second-order valence-corrected chi connectivity index (χ2v) is 6.34. The van der Waals surface area contributed by atoms with Gasteiger partial charge in [-0.05, 0) is 24.3 Å². The highest BCUT2D eigenvalue weighted by Crippen LogP contribution is 2.37. The van der Waals surface area contributed by atoms with Crippen molar-refractivity contribution in [2.75, 3.05) is 25.3 Å². The van der Waals surface area contributed by atoms with Crippen molar-refractivity contribution < 1.29 is 28.5 Å². The lowest BCUT2D eigenvalue weighted by Gasteiger charge is -2.17. The number of fused-ring (bicyclic) bond motifs is 1. The fourth-order valence-corrected chi connectivity index (χ4v) is 3.18. The molecule has 0 aliphatic carbocycles. The van der Waals surface area contributed by atoms with E-state index in [0.717, 1.165) is 0 Å². The van der Waals surface area contributed by atoms with Gasteiger partial charge in [0.1, 0.15) is 0 Å². The Morgan fingerprint density at radius 2 is 2.00 bits per heavy atom. The van der Waals surface area contributed by atoms with E-state index >= 15 is 0 Å². The Balaban J connectivity index is 1.48. The van der Waals surface area contributed by atoms with Crippen LogP contribution in [0.5, 0.6) is 23.0 Å². The van der Waals surface area contributed by atoms with Gasteiger partial charge in [-0.15, -0.1) is 0 Å². The van der Waals surface area contributed by atoms with E-state index in [1.54, 1.807) is 18.2 Å². The number of rotatable bonds is 4. The van der Waals surface area contributed by atoms with E-state index in [9.17, 15) is 9.59 Å². The van der Waals surface area contributed by atoms with Crippen LogP contribution in [0.25, 0.3) is 0 Å². The van der Waals surface area contributed by atoms with Gasteiger partial charge in [0.2, 0.25) is 12.7 Å². The molecule has 0 spiro atoms. The number of nitrogens with zero attached hydrogens (tertiary/aromatic N) is 2. The maximum Gasteiger partial charge on any atom is 0.316 e. The van der Waals surface area contributed by atoms with Gasteiger partial charge in [0.15, 0.2) is 23.0 Å². The van der Waals surface area contributed by atoms with Crippen LogP contribution in [0, 0.1) is 17.2 Å². The van der Waals surface area contributed by atoms with Gasteiger partial charge in [-0.1, -0.05) is 0 Å². The zero-order chi connectivity index (χ0) is 19.7. The minimum atomic E-state index is -0.613. The van der Waals surface area contributed by atoms with Crippen LogP contribution in [-0.2, 0) is 9.59 Å². The van der Waals surface area contributed by atoms with Crippen molar-refractivity contribution in [2.45, 2.75) is 6.42 Å². The molecule has 2 aliphatic rings. The van der Waals surface area contributed by atoms with Gasteiger partial charge in [0.25, 0.3) is 0 Å². The summed E-state index contributed by atoms with van der Waals surface area (Å²) in [6, 6.07) is 11.7. The Morgan fingerprint density at radius 3 is 2.79 bits per heavy atom. The van der Waals surface area contributed by atoms with Crippen LogP contribution in [0.3, 0.4) is 0 Å². The van der Waals surface area contributed by atoms with Crippen LogP contribution < -0.4 is 23.8 Å². The van der Waals surface area contributed by atoms with E-state index in [0.29, 0.717) is 22.7 Å². The first kappa shape index (κ1) is 17.7. The summed E-state index contributed by atoms with van der Waals surface area (Å²) in [6.07, 6.45) is 0.0475. The lowest BCUT2D eigenvalue weighted by Crippen LogP contribution is -2.27. The number of hydrogen-bond acceptors (Lipinski definition) is 7. The normalized spacial score (nSPS) is 17.4. The van der Waals surface area contributed by atoms with Gasteiger partial charge in [-0.3, -0.25) is 9.59 Å². The molecule has 0 aromatic heterocycles. The molecule has 1 amide bonds. The maximum absolute atomic E-state index is 12.6.